The first kappa shape index (κ1) is 23.3. The molecule has 164 valence electrons. The van der Waals surface area contributed by atoms with Crippen molar-refractivity contribution in [1.29, 1.82) is 0 Å². The SMILES string of the molecule is CCNC(=NCc1cccc(OCC(F)F)c1)NCCc1ccc(OC)c(OC)c1. The van der Waals surface area contributed by atoms with Gasteiger partial charge in [-0.1, -0.05) is 18.2 Å². The van der Waals surface area contributed by atoms with E-state index in [1.165, 1.54) is 0 Å². The summed E-state index contributed by atoms with van der Waals surface area (Å²) in [4.78, 5) is 4.56. The predicted molar refractivity (Wildman–Crippen MR) is 114 cm³/mol. The number of methoxy groups -OCH3 is 2. The van der Waals surface area contributed by atoms with Gasteiger partial charge < -0.3 is 24.8 Å². The van der Waals surface area contributed by atoms with Crippen molar-refractivity contribution in [3.05, 3.63) is 53.6 Å². The highest BCUT2D eigenvalue weighted by Crippen LogP contribution is 2.27. The van der Waals surface area contributed by atoms with Gasteiger partial charge in [0.05, 0.1) is 20.8 Å². The van der Waals surface area contributed by atoms with Gasteiger partial charge in [-0.3, -0.25) is 0 Å². The summed E-state index contributed by atoms with van der Waals surface area (Å²) in [6, 6.07) is 12.9. The zero-order valence-electron chi connectivity index (χ0n) is 17.6. The van der Waals surface area contributed by atoms with Crippen LogP contribution >= 0.6 is 0 Å². The van der Waals surface area contributed by atoms with Crippen LogP contribution in [0.1, 0.15) is 18.1 Å². The van der Waals surface area contributed by atoms with Crippen molar-refractivity contribution in [3.63, 3.8) is 0 Å². The highest BCUT2D eigenvalue weighted by atomic mass is 19.3. The lowest BCUT2D eigenvalue weighted by Gasteiger charge is -2.13. The molecule has 0 aliphatic carbocycles. The molecule has 0 atom stereocenters. The highest BCUT2D eigenvalue weighted by Gasteiger charge is 2.06. The second-order valence-electron chi connectivity index (χ2n) is 6.41. The molecule has 0 aliphatic rings. The molecule has 0 saturated carbocycles. The number of hydrogen-bond donors (Lipinski definition) is 2. The number of benzene rings is 2. The summed E-state index contributed by atoms with van der Waals surface area (Å²) in [5, 5.41) is 6.49. The van der Waals surface area contributed by atoms with Gasteiger partial charge in [-0.15, -0.1) is 0 Å². The Morgan fingerprint density at radius 1 is 1.00 bits per heavy atom. The molecule has 2 N–H and O–H groups in total. The lowest BCUT2D eigenvalue weighted by atomic mass is 10.1. The van der Waals surface area contributed by atoms with E-state index in [1.807, 2.05) is 31.2 Å². The Morgan fingerprint density at radius 2 is 1.80 bits per heavy atom. The van der Waals surface area contributed by atoms with Crippen molar-refractivity contribution in [2.45, 2.75) is 26.3 Å². The van der Waals surface area contributed by atoms with Crippen LogP contribution in [0.5, 0.6) is 17.2 Å². The number of rotatable bonds is 11. The molecule has 0 radical (unpaired) electrons. The average Bonchev–Trinajstić information content (AvgIpc) is 2.76. The largest absolute Gasteiger partial charge is 0.493 e. The highest BCUT2D eigenvalue weighted by molar-refractivity contribution is 5.79. The quantitative estimate of drug-likeness (QED) is 0.428. The minimum absolute atomic E-state index is 0.400. The van der Waals surface area contributed by atoms with Crippen molar-refractivity contribution in [2.24, 2.45) is 4.99 Å². The summed E-state index contributed by atoms with van der Waals surface area (Å²) in [7, 11) is 3.22. The third-order valence-corrected chi connectivity index (χ3v) is 4.19. The maximum absolute atomic E-state index is 12.3. The summed E-state index contributed by atoms with van der Waals surface area (Å²) in [5.74, 6) is 2.49. The Morgan fingerprint density at radius 3 is 2.50 bits per heavy atom. The number of nitrogens with zero attached hydrogens (tertiary/aromatic N) is 1. The van der Waals surface area contributed by atoms with Gasteiger partial charge in [-0.25, -0.2) is 13.8 Å². The second-order valence-corrected chi connectivity index (χ2v) is 6.41. The lowest BCUT2D eigenvalue weighted by Crippen LogP contribution is -2.38. The first-order valence-corrected chi connectivity index (χ1v) is 9.78. The fraction of sp³-hybridized carbons (Fsp3) is 0.409. The summed E-state index contributed by atoms with van der Waals surface area (Å²) in [6.45, 7) is 3.17. The molecule has 0 heterocycles. The Labute approximate surface area is 176 Å². The van der Waals surface area contributed by atoms with Gasteiger partial charge in [0, 0.05) is 13.1 Å². The lowest BCUT2D eigenvalue weighted by molar-refractivity contribution is 0.0818. The van der Waals surface area contributed by atoms with Crippen LogP contribution in [0, 0.1) is 0 Å². The molecule has 6 nitrogen and oxygen atoms in total. The minimum Gasteiger partial charge on any atom is -0.493 e. The van der Waals surface area contributed by atoms with Crippen molar-refractivity contribution in [3.8, 4) is 17.2 Å². The van der Waals surface area contributed by atoms with Crippen molar-refractivity contribution >= 4 is 5.96 Å². The molecule has 0 fully saturated rings. The van der Waals surface area contributed by atoms with Gasteiger partial charge in [0.25, 0.3) is 6.43 Å². The van der Waals surface area contributed by atoms with Gasteiger partial charge >= 0.3 is 0 Å². The van der Waals surface area contributed by atoms with E-state index in [-0.39, 0.29) is 0 Å². The Kier molecular flexibility index (Phi) is 9.70. The van der Waals surface area contributed by atoms with Gasteiger partial charge in [-0.2, -0.15) is 0 Å². The van der Waals surface area contributed by atoms with E-state index < -0.39 is 13.0 Å². The number of ether oxygens (including phenoxy) is 3. The summed E-state index contributed by atoms with van der Waals surface area (Å²) >= 11 is 0. The maximum atomic E-state index is 12.3. The number of guanidine groups is 1. The first-order chi connectivity index (χ1) is 14.5. The van der Waals surface area contributed by atoms with Crippen LogP contribution in [0.25, 0.3) is 0 Å². The molecular formula is C22H29F2N3O3. The van der Waals surface area contributed by atoms with Crippen molar-refractivity contribution in [2.75, 3.05) is 33.9 Å². The van der Waals surface area contributed by atoms with E-state index in [0.29, 0.717) is 36.3 Å². The zero-order valence-corrected chi connectivity index (χ0v) is 17.6. The van der Waals surface area contributed by atoms with E-state index in [0.717, 1.165) is 24.1 Å². The fourth-order valence-corrected chi connectivity index (χ4v) is 2.77. The number of hydrogen-bond acceptors (Lipinski definition) is 4. The molecule has 0 spiro atoms. The van der Waals surface area contributed by atoms with E-state index in [4.69, 9.17) is 14.2 Å². The monoisotopic (exact) mass is 421 g/mol. The van der Waals surface area contributed by atoms with Crippen molar-refractivity contribution in [1.82, 2.24) is 10.6 Å². The third-order valence-electron chi connectivity index (χ3n) is 4.19. The standard InChI is InChI=1S/C22H29F2N3O3/c1-4-25-22(26-11-10-16-8-9-19(28-2)20(13-16)29-3)27-14-17-6-5-7-18(12-17)30-15-21(23)24/h5-9,12-13,21H,4,10-11,14-15H2,1-3H3,(H2,25,26,27). The molecule has 0 saturated heterocycles. The molecule has 2 aromatic carbocycles. The van der Waals surface area contributed by atoms with Crippen LogP contribution in [-0.4, -0.2) is 46.3 Å². The normalized spacial score (nSPS) is 11.3. The zero-order chi connectivity index (χ0) is 21.8. The Bertz CT molecular complexity index is 816. The van der Waals surface area contributed by atoms with Gasteiger partial charge in [0.2, 0.25) is 0 Å². The molecule has 2 rings (SSSR count). The molecule has 30 heavy (non-hydrogen) atoms. The molecule has 0 amide bonds. The number of aliphatic imine (C=N–C) groups is 1. The second kappa shape index (κ2) is 12.5. The van der Waals surface area contributed by atoms with E-state index in [2.05, 4.69) is 15.6 Å². The van der Waals surface area contributed by atoms with Crippen LogP contribution in [0.4, 0.5) is 8.78 Å². The van der Waals surface area contributed by atoms with Gasteiger partial charge in [0.15, 0.2) is 17.5 Å². The number of nitrogens with one attached hydrogen (secondary N) is 2. The summed E-state index contributed by atoms with van der Waals surface area (Å²) < 4.78 is 40.3. The molecule has 8 heteroatoms. The van der Waals surface area contributed by atoms with E-state index in [9.17, 15) is 8.78 Å². The van der Waals surface area contributed by atoms with Gasteiger partial charge in [0.1, 0.15) is 12.4 Å². The number of halogens is 2. The summed E-state index contributed by atoms with van der Waals surface area (Å²) in [6.07, 6.45) is -1.72. The van der Waals surface area contributed by atoms with Gasteiger partial charge in [-0.05, 0) is 48.7 Å². The Balaban J connectivity index is 1.92. The fourth-order valence-electron chi connectivity index (χ4n) is 2.77. The maximum Gasteiger partial charge on any atom is 0.272 e. The van der Waals surface area contributed by atoms with E-state index >= 15 is 0 Å². The average molecular weight is 421 g/mol. The number of alkyl halides is 2. The minimum atomic E-state index is -2.50. The molecule has 2 aromatic rings. The molecule has 0 unspecified atom stereocenters. The van der Waals surface area contributed by atoms with Crippen molar-refractivity contribution < 1.29 is 23.0 Å². The summed E-state index contributed by atoms with van der Waals surface area (Å²) in [5.41, 5.74) is 1.98. The van der Waals surface area contributed by atoms with Crippen LogP contribution in [0.3, 0.4) is 0 Å². The molecule has 0 bridgehead atoms. The third kappa shape index (κ3) is 7.77. The van der Waals surface area contributed by atoms with Crippen LogP contribution in [0.2, 0.25) is 0 Å². The molecular weight excluding hydrogens is 392 g/mol. The van der Waals surface area contributed by atoms with Crippen LogP contribution < -0.4 is 24.8 Å². The smallest absolute Gasteiger partial charge is 0.272 e. The predicted octanol–water partition coefficient (Wildman–Crippen LogP) is 3.65. The Hall–Kier alpha value is -3.03. The van der Waals surface area contributed by atoms with Crippen LogP contribution in [0.15, 0.2) is 47.5 Å². The first-order valence-electron chi connectivity index (χ1n) is 9.78. The molecule has 0 aromatic heterocycles. The molecule has 0 aliphatic heterocycles. The van der Waals surface area contributed by atoms with E-state index in [1.54, 1.807) is 32.4 Å². The van der Waals surface area contributed by atoms with Crippen LogP contribution in [-0.2, 0) is 13.0 Å². The topological polar surface area (TPSA) is 64.1 Å².